The molecule has 1 aliphatic rings. The minimum atomic E-state index is -0.216. The normalized spacial score (nSPS) is 14.6. The maximum absolute atomic E-state index is 12.1. The Hall–Kier alpha value is -1.82. The van der Waals surface area contributed by atoms with Gasteiger partial charge in [0.1, 0.15) is 0 Å². The lowest BCUT2D eigenvalue weighted by atomic mass is 10.2. The average Bonchev–Trinajstić information content (AvgIpc) is 3.04. The molecule has 0 spiro atoms. The zero-order valence-corrected chi connectivity index (χ0v) is 11.5. The summed E-state index contributed by atoms with van der Waals surface area (Å²) in [6, 6.07) is 0. The molecule has 19 heavy (non-hydrogen) atoms. The van der Waals surface area contributed by atoms with Crippen molar-refractivity contribution in [1.82, 2.24) is 15.5 Å². The van der Waals surface area contributed by atoms with Crippen molar-refractivity contribution in [2.75, 3.05) is 5.73 Å². The minimum Gasteiger partial charge on any atom is -0.395 e. The van der Waals surface area contributed by atoms with Crippen LogP contribution in [0.2, 0.25) is 0 Å². The predicted molar refractivity (Wildman–Crippen MR) is 75.2 cm³/mol. The van der Waals surface area contributed by atoms with Gasteiger partial charge in [0.25, 0.3) is 5.91 Å². The van der Waals surface area contributed by atoms with Crippen LogP contribution in [-0.2, 0) is 6.54 Å². The van der Waals surface area contributed by atoms with Crippen LogP contribution >= 0.6 is 11.3 Å². The molecule has 2 aromatic heterocycles. The molecule has 5 nitrogen and oxygen atoms in total. The average molecular weight is 276 g/mol. The summed E-state index contributed by atoms with van der Waals surface area (Å²) in [6.45, 7) is 2.55. The van der Waals surface area contributed by atoms with Gasteiger partial charge in [0.15, 0.2) is 5.69 Å². The van der Waals surface area contributed by atoms with E-state index in [0.717, 1.165) is 24.1 Å². The topological polar surface area (TPSA) is 83.8 Å². The second kappa shape index (κ2) is 4.70. The first kappa shape index (κ1) is 12.2. The van der Waals surface area contributed by atoms with Crippen molar-refractivity contribution < 1.29 is 4.79 Å². The van der Waals surface area contributed by atoms with E-state index in [-0.39, 0.29) is 5.91 Å². The van der Waals surface area contributed by atoms with Gasteiger partial charge < -0.3 is 11.1 Å². The maximum atomic E-state index is 12.1. The fourth-order valence-electron chi connectivity index (χ4n) is 2.05. The third kappa shape index (κ3) is 2.35. The molecule has 4 N–H and O–H groups in total. The van der Waals surface area contributed by atoms with Crippen LogP contribution in [-0.4, -0.2) is 16.1 Å². The van der Waals surface area contributed by atoms with Crippen molar-refractivity contribution in [1.29, 1.82) is 0 Å². The van der Waals surface area contributed by atoms with E-state index in [1.54, 1.807) is 11.3 Å². The minimum absolute atomic E-state index is 0.216. The van der Waals surface area contributed by atoms with Crippen LogP contribution in [0.4, 0.5) is 5.69 Å². The fourth-order valence-corrected chi connectivity index (χ4v) is 2.90. The quantitative estimate of drug-likeness (QED) is 0.800. The van der Waals surface area contributed by atoms with Gasteiger partial charge in [-0.3, -0.25) is 9.89 Å². The number of aromatic nitrogens is 2. The molecule has 100 valence electrons. The summed E-state index contributed by atoms with van der Waals surface area (Å²) in [4.78, 5) is 12.1. The molecule has 2 heterocycles. The number of aryl methyl sites for hydroxylation is 1. The highest BCUT2D eigenvalue weighted by Gasteiger charge is 2.30. The number of nitrogens with two attached hydrogens (primary N) is 1. The van der Waals surface area contributed by atoms with Gasteiger partial charge in [0.05, 0.1) is 11.4 Å². The molecular weight excluding hydrogens is 260 g/mol. The summed E-state index contributed by atoms with van der Waals surface area (Å²) in [7, 11) is 0. The van der Waals surface area contributed by atoms with E-state index in [2.05, 4.69) is 20.9 Å². The molecule has 0 aromatic carbocycles. The van der Waals surface area contributed by atoms with Gasteiger partial charge in [-0.1, -0.05) is 0 Å². The van der Waals surface area contributed by atoms with E-state index in [4.69, 9.17) is 5.73 Å². The van der Waals surface area contributed by atoms with Crippen molar-refractivity contribution in [2.45, 2.75) is 32.2 Å². The van der Waals surface area contributed by atoms with Crippen LogP contribution in [0.5, 0.6) is 0 Å². The molecule has 2 aromatic rings. The maximum Gasteiger partial charge on any atom is 0.274 e. The highest BCUT2D eigenvalue weighted by atomic mass is 32.1. The first-order chi connectivity index (χ1) is 9.16. The summed E-state index contributed by atoms with van der Waals surface area (Å²) in [5.74, 6) is 0.249. The number of anilines is 1. The Kier molecular flexibility index (Phi) is 3.02. The van der Waals surface area contributed by atoms with Crippen LogP contribution in [0.1, 0.15) is 46.1 Å². The lowest BCUT2D eigenvalue weighted by Gasteiger charge is -2.03. The lowest BCUT2D eigenvalue weighted by Crippen LogP contribution is -2.24. The SMILES string of the molecule is Cc1cscc1CNC(=O)c1n[nH]c(C2CC2)c1N. The Morgan fingerprint density at radius 3 is 3.00 bits per heavy atom. The fraction of sp³-hybridized carbons (Fsp3) is 0.385. The number of thiophene rings is 1. The van der Waals surface area contributed by atoms with E-state index in [1.807, 2.05) is 12.3 Å². The standard InChI is InChI=1S/C13H16N4OS/c1-7-5-19-6-9(7)4-15-13(18)12-10(14)11(16-17-12)8-2-3-8/h5-6,8H,2-4,14H2,1H3,(H,15,18)(H,16,17). The lowest BCUT2D eigenvalue weighted by molar-refractivity contribution is 0.0947. The monoisotopic (exact) mass is 276 g/mol. The molecular formula is C13H16N4OS. The van der Waals surface area contributed by atoms with Crippen molar-refractivity contribution in [3.05, 3.63) is 33.3 Å². The number of rotatable bonds is 4. The molecule has 0 bridgehead atoms. The van der Waals surface area contributed by atoms with Crippen molar-refractivity contribution >= 4 is 22.9 Å². The largest absolute Gasteiger partial charge is 0.395 e. The van der Waals surface area contributed by atoms with Gasteiger partial charge in [-0.05, 0) is 41.7 Å². The van der Waals surface area contributed by atoms with Gasteiger partial charge in [-0.25, -0.2) is 0 Å². The molecule has 0 saturated heterocycles. The Labute approximate surface area is 115 Å². The zero-order valence-electron chi connectivity index (χ0n) is 10.7. The van der Waals surface area contributed by atoms with Crippen LogP contribution in [0.15, 0.2) is 10.8 Å². The summed E-state index contributed by atoms with van der Waals surface area (Å²) < 4.78 is 0. The van der Waals surface area contributed by atoms with Crippen molar-refractivity contribution in [3.63, 3.8) is 0 Å². The van der Waals surface area contributed by atoms with E-state index >= 15 is 0 Å². The van der Waals surface area contributed by atoms with E-state index in [0.29, 0.717) is 23.8 Å². The van der Waals surface area contributed by atoms with Gasteiger partial charge in [0, 0.05) is 12.5 Å². The number of carbonyl (C=O) groups is 1. The molecule has 0 aliphatic heterocycles. The number of hydrogen-bond donors (Lipinski definition) is 3. The summed E-state index contributed by atoms with van der Waals surface area (Å²) >= 11 is 1.64. The summed E-state index contributed by atoms with van der Waals surface area (Å²) in [6.07, 6.45) is 2.25. The van der Waals surface area contributed by atoms with Gasteiger partial charge in [0.2, 0.25) is 0 Å². The van der Waals surface area contributed by atoms with E-state index < -0.39 is 0 Å². The van der Waals surface area contributed by atoms with E-state index in [1.165, 1.54) is 5.56 Å². The van der Waals surface area contributed by atoms with Crippen LogP contribution in [0.3, 0.4) is 0 Å². The molecule has 1 amide bonds. The third-order valence-electron chi connectivity index (χ3n) is 3.44. The number of H-pyrrole nitrogens is 1. The molecule has 0 unspecified atom stereocenters. The van der Waals surface area contributed by atoms with Crippen molar-refractivity contribution in [2.24, 2.45) is 0 Å². The number of amides is 1. The highest BCUT2D eigenvalue weighted by molar-refractivity contribution is 7.08. The summed E-state index contributed by atoms with van der Waals surface area (Å²) in [5.41, 5.74) is 10.0. The third-order valence-corrected chi connectivity index (χ3v) is 4.35. The number of nitrogen functional groups attached to an aromatic ring is 1. The first-order valence-electron chi connectivity index (χ1n) is 6.30. The zero-order chi connectivity index (χ0) is 13.4. The second-order valence-corrected chi connectivity index (χ2v) is 5.68. The van der Waals surface area contributed by atoms with Crippen molar-refractivity contribution in [3.8, 4) is 0 Å². The smallest absolute Gasteiger partial charge is 0.274 e. The van der Waals surface area contributed by atoms with E-state index in [9.17, 15) is 4.79 Å². The molecule has 1 saturated carbocycles. The van der Waals surface area contributed by atoms with Gasteiger partial charge in [-0.2, -0.15) is 16.4 Å². The first-order valence-corrected chi connectivity index (χ1v) is 7.24. The molecule has 1 aliphatic carbocycles. The number of aromatic amines is 1. The Bertz CT molecular complexity index is 612. The highest BCUT2D eigenvalue weighted by Crippen LogP contribution is 2.42. The van der Waals surface area contributed by atoms with Gasteiger partial charge in [-0.15, -0.1) is 0 Å². The number of carbonyl (C=O) groups excluding carboxylic acids is 1. The van der Waals surface area contributed by atoms with Crippen LogP contribution in [0, 0.1) is 6.92 Å². The molecule has 1 fully saturated rings. The number of hydrogen-bond acceptors (Lipinski definition) is 4. The summed E-state index contributed by atoms with van der Waals surface area (Å²) in [5, 5.41) is 13.9. The Morgan fingerprint density at radius 2 is 2.37 bits per heavy atom. The predicted octanol–water partition coefficient (Wildman–Crippen LogP) is 2.17. The second-order valence-electron chi connectivity index (χ2n) is 4.94. The number of nitrogens with zero attached hydrogens (tertiary/aromatic N) is 1. The molecule has 0 radical (unpaired) electrons. The number of nitrogens with one attached hydrogen (secondary N) is 2. The Balaban J connectivity index is 1.68. The van der Waals surface area contributed by atoms with Crippen LogP contribution < -0.4 is 11.1 Å². The van der Waals surface area contributed by atoms with Crippen LogP contribution in [0.25, 0.3) is 0 Å². The molecule has 6 heteroatoms. The molecule has 0 atom stereocenters. The van der Waals surface area contributed by atoms with Gasteiger partial charge >= 0.3 is 0 Å². The Morgan fingerprint density at radius 1 is 1.58 bits per heavy atom. The molecule has 3 rings (SSSR count).